The van der Waals surface area contributed by atoms with E-state index in [-0.39, 0.29) is 29.4 Å². The number of nitrogens with zero attached hydrogens (tertiary/aromatic N) is 1. The molecule has 1 saturated carbocycles. The first-order valence-electron chi connectivity index (χ1n) is 10.1. The molecule has 0 aliphatic heterocycles. The molecule has 160 valence electrons. The van der Waals surface area contributed by atoms with Crippen molar-refractivity contribution in [2.24, 2.45) is 10.4 Å². The molecule has 5 nitrogen and oxygen atoms in total. The molecule has 28 heavy (non-hydrogen) atoms. The van der Waals surface area contributed by atoms with Gasteiger partial charge in [-0.15, -0.1) is 24.0 Å². The topological polar surface area (TPSA) is 65.9 Å². The number of benzene rings is 1. The number of hydrogen-bond acceptors (Lipinski definition) is 3. The summed E-state index contributed by atoms with van der Waals surface area (Å²) in [5, 5.41) is 17.6. The lowest BCUT2D eigenvalue weighted by molar-refractivity contribution is 0.107. The predicted octanol–water partition coefficient (Wildman–Crippen LogP) is 4.53. The minimum Gasteiger partial charge on any atom is -0.387 e. The van der Waals surface area contributed by atoms with E-state index in [1.54, 1.807) is 12.1 Å². The van der Waals surface area contributed by atoms with Crippen molar-refractivity contribution in [1.29, 1.82) is 0 Å². The van der Waals surface area contributed by atoms with Gasteiger partial charge < -0.3 is 20.5 Å². The van der Waals surface area contributed by atoms with Gasteiger partial charge in [0.05, 0.1) is 6.10 Å². The molecule has 1 aromatic carbocycles. The second kappa shape index (κ2) is 13.6. The lowest BCUT2D eigenvalue weighted by Crippen LogP contribution is -2.40. The van der Waals surface area contributed by atoms with Crippen LogP contribution < -0.4 is 10.6 Å². The molecule has 3 N–H and O–H groups in total. The predicted molar refractivity (Wildman–Crippen MR) is 128 cm³/mol. The number of halogens is 2. The zero-order chi connectivity index (χ0) is 19.5. The van der Waals surface area contributed by atoms with Crippen molar-refractivity contribution in [2.45, 2.75) is 52.1 Å². The van der Waals surface area contributed by atoms with Crippen LogP contribution in [0.2, 0.25) is 5.02 Å². The van der Waals surface area contributed by atoms with Gasteiger partial charge >= 0.3 is 0 Å². The Bertz CT molecular complexity index is 578. The van der Waals surface area contributed by atoms with Crippen LogP contribution in [-0.2, 0) is 4.74 Å². The first kappa shape index (κ1) is 25.5. The number of ether oxygens (including phenoxy) is 1. The van der Waals surface area contributed by atoms with E-state index >= 15 is 0 Å². The summed E-state index contributed by atoms with van der Waals surface area (Å²) < 4.78 is 5.59. The fraction of sp³-hybridized carbons (Fsp3) is 0.667. The Kier molecular flexibility index (Phi) is 12.4. The highest BCUT2D eigenvalue weighted by Gasteiger charge is 2.33. The number of nitrogens with one attached hydrogen (secondary N) is 2. The van der Waals surface area contributed by atoms with Crippen molar-refractivity contribution >= 4 is 41.5 Å². The van der Waals surface area contributed by atoms with E-state index in [0.717, 1.165) is 44.2 Å². The molecule has 1 unspecified atom stereocenters. The maximum atomic E-state index is 10.4. The fourth-order valence-electron chi connectivity index (χ4n) is 3.63. The van der Waals surface area contributed by atoms with Crippen molar-refractivity contribution in [2.75, 3.05) is 32.8 Å². The van der Waals surface area contributed by atoms with Gasteiger partial charge in [0.25, 0.3) is 0 Å². The van der Waals surface area contributed by atoms with E-state index in [0.29, 0.717) is 11.6 Å². The van der Waals surface area contributed by atoms with E-state index in [1.807, 2.05) is 26.0 Å². The highest BCUT2D eigenvalue weighted by atomic mass is 127. The van der Waals surface area contributed by atoms with Gasteiger partial charge in [-0.1, -0.05) is 36.6 Å². The molecule has 0 spiro atoms. The van der Waals surface area contributed by atoms with Crippen LogP contribution in [0.25, 0.3) is 0 Å². The molecule has 0 saturated heterocycles. The summed E-state index contributed by atoms with van der Waals surface area (Å²) >= 11 is 5.91. The zero-order valence-electron chi connectivity index (χ0n) is 17.0. The number of aliphatic hydroxyl groups is 1. The highest BCUT2D eigenvalue weighted by molar-refractivity contribution is 14.0. The first-order chi connectivity index (χ1) is 13.1. The third kappa shape index (κ3) is 8.43. The average molecular weight is 524 g/mol. The van der Waals surface area contributed by atoms with Gasteiger partial charge in [0, 0.05) is 37.9 Å². The van der Waals surface area contributed by atoms with Crippen LogP contribution >= 0.6 is 35.6 Å². The van der Waals surface area contributed by atoms with Crippen molar-refractivity contribution < 1.29 is 9.84 Å². The minimum absolute atomic E-state index is 0. The van der Waals surface area contributed by atoms with Gasteiger partial charge in [-0.2, -0.15) is 0 Å². The minimum atomic E-state index is -0.607. The van der Waals surface area contributed by atoms with Gasteiger partial charge in [0.15, 0.2) is 5.96 Å². The second-order valence-electron chi connectivity index (χ2n) is 7.30. The smallest absolute Gasteiger partial charge is 0.191 e. The molecule has 1 fully saturated rings. The summed E-state index contributed by atoms with van der Waals surface area (Å²) in [5.74, 6) is 0.758. The van der Waals surface area contributed by atoms with Crippen molar-refractivity contribution in [3.8, 4) is 0 Å². The number of guanidine groups is 1. The van der Waals surface area contributed by atoms with Crippen LogP contribution in [0.15, 0.2) is 29.3 Å². The standard InChI is InChI=1S/C21H34ClN3O2.HI/c1-3-23-20(24-15-19(26)17-7-9-18(22)10-8-17)25-16-21(11-5-6-12-21)13-14-27-4-2;/h7-10,19,26H,3-6,11-16H2,1-2H3,(H2,23,24,25);1H. The van der Waals surface area contributed by atoms with Crippen LogP contribution in [0.5, 0.6) is 0 Å². The van der Waals surface area contributed by atoms with Gasteiger partial charge in [0.1, 0.15) is 0 Å². The van der Waals surface area contributed by atoms with Crippen LogP contribution in [0.3, 0.4) is 0 Å². The third-order valence-electron chi connectivity index (χ3n) is 5.28. The molecule has 1 atom stereocenters. The molecule has 1 aliphatic rings. The molecular formula is C21H35ClIN3O2. The molecule has 1 aromatic rings. The highest BCUT2D eigenvalue weighted by Crippen LogP contribution is 2.41. The van der Waals surface area contributed by atoms with Crippen molar-refractivity contribution in [3.63, 3.8) is 0 Å². The monoisotopic (exact) mass is 523 g/mol. The van der Waals surface area contributed by atoms with E-state index in [1.165, 1.54) is 25.7 Å². The van der Waals surface area contributed by atoms with E-state index in [9.17, 15) is 5.11 Å². The maximum Gasteiger partial charge on any atom is 0.191 e. The van der Waals surface area contributed by atoms with Gasteiger partial charge in [-0.25, -0.2) is 0 Å². The summed E-state index contributed by atoms with van der Waals surface area (Å²) in [6, 6.07) is 7.28. The van der Waals surface area contributed by atoms with Crippen LogP contribution in [0, 0.1) is 5.41 Å². The lowest BCUT2D eigenvalue weighted by atomic mass is 9.83. The maximum absolute atomic E-state index is 10.4. The number of aliphatic hydroxyl groups excluding tert-OH is 1. The van der Waals surface area contributed by atoms with E-state index in [2.05, 4.69) is 10.6 Å². The Morgan fingerprint density at radius 2 is 1.89 bits per heavy atom. The van der Waals surface area contributed by atoms with Crippen LogP contribution in [0.1, 0.15) is 57.6 Å². The Morgan fingerprint density at radius 3 is 2.50 bits per heavy atom. The van der Waals surface area contributed by atoms with Gasteiger partial charge in [0.2, 0.25) is 0 Å². The first-order valence-corrected chi connectivity index (χ1v) is 10.5. The van der Waals surface area contributed by atoms with E-state index < -0.39 is 6.10 Å². The summed E-state index contributed by atoms with van der Waals surface area (Å²) in [4.78, 5) is 4.83. The fourth-order valence-corrected chi connectivity index (χ4v) is 3.76. The quantitative estimate of drug-likeness (QED) is 0.182. The van der Waals surface area contributed by atoms with E-state index in [4.69, 9.17) is 21.3 Å². The molecular weight excluding hydrogens is 489 g/mol. The Balaban J connectivity index is 0.00000392. The molecule has 0 bridgehead atoms. The third-order valence-corrected chi connectivity index (χ3v) is 5.53. The molecule has 2 rings (SSSR count). The number of hydrogen-bond donors (Lipinski definition) is 3. The molecule has 7 heteroatoms. The second-order valence-corrected chi connectivity index (χ2v) is 7.73. The summed E-state index contributed by atoms with van der Waals surface area (Å²) in [6.45, 7) is 7.66. The number of rotatable bonds is 10. The Hall–Kier alpha value is -0.570. The molecule has 0 heterocycles. The normalized spacial score (nSPS) is 17.1. The molecule has 0 aromatic heterocycles. The van der Waals surface area contributed by atoms with Crippen LogP contribution in [-0.4, -0.2) is 43.9 Å². The Morgan fingerprint density at radius 1 is 1.21 bits per heavy atom. The van der Waals surface area contributed by atoms with Gasteiger partial charge in [-0.05, 0) is 56.2 Å². The average Bonchev–Trinajstić information content (AvgIpc) is 3.13. The lowest BCUT2D eigenvalue weighted by Gasteiger charge is -2.27. The summed E-state index contributed by atoms with van der Waals surface area (Å²) in [7, 11) is 0. The SMILES string of the molecule is CCNC(=NCC1(CCOCC)CCCC1)NCC(O)c1ccc(Cl)cc1.I. The Labute approximate surface area is 191 Å². The molecule has 0 amide bonds. The zero-order valence-corrected chi connectivity index (χ0v) is 20.1. The van der Waals surface area contributed by atoms with Crippen molar-refractivity contribution in [3.05, 3.63) is 34.9 Å². The largest absolute Gasteiger partial charge is 0.387 e. The van der Waals surface area contributed by atoms with Crippen LogP contribution in [0.4, 0.5) is 0 Å². The summed E-state index contributed by atoms with van der Waals surface area (Å²) in [6.07, 6.45) is 5.45. The van der Waals surface area contributed by atoms with Crippen molar-refractivity contribution in [1.82, 2.24) is 10.6 Å². The molecule has 1 aliphatic carbocycles. The molecule has 0 radical (unpaired) electrons. The van der Waals surface area contributed by atoms with Gasteiger partial charge in [-0.3, -0.25) is 4.99 Å². The summed E-state index contributed by atoms with van der Waals surface area (Å²) in [5.41, 5.74) is 1.10. The number of aliphatic imine (C=N–C) groups is 1.